The summed E-state index contributed by atoms with van der Waals surface area (Å²) in [5, 5.41) is 15.4. The molecule has 0 spiro atoms. The number of rotatable bonds is 4. The van der Waals surface area contributed by atoms with E-state index in [4.69, 9.17) is 5.02 Å². The van der Waals surface area contributed by atoms with Crippen molar-refractivity contribution in [1.29, 1.82) is 0 Å². The molecule has 0 aliphatic rings. The Morgan fingerprint density at radius 2 is 2.30 bits per heavy atom. The molecule has 0 aromatic rings. The first kappa shape index (κ1) is 9.45. The van der Waals surface area contributed by atoms with Gasteiger partial charge >= 0.3 is 7.05 Å². The fraction of sp³-hybridized carbons (Fsp3) is 0.800. The minimum Gasteiger partial charge on any atom is -0.437 e. The average molecular weight is 143 g/mol. The molecular weight excluding hydrogens is 129 g/mol. The van der Waals surface area contributed by atoms with Crippen LogP contribution < -0.4 is 10.7 Å². The minimum absolute atomic E-state index is 0.0902. The highest BCUT2D eigenvalue weighted by Gasteiger charge is 2.04. The van der Waals surface area contributed by atoms with Gasteiger partial charge in [-0.05, 0) is 13.7 Å². The van der Waals surface area contributed by atoms with Crippen molar-refractivity contribution in [1.82, 2.24) is 10.7 Å². The van der Waals surface area contributed by atoms with Gasteiger partial charge in [-0.25, -0.2) is 0 Å². The Balaban J connectivity index is 3.42. The lowest BCUT2D eigenvalue weighted by Gasteiger charge is -2.07. The van der Waals surface area contributed by atoms with Crippen LogP contribution in [0.5, 0.6) is 0 Å². The van der Waals surface area contributed by atoms with Crippen LogP contribution in [0.2, 0.25) is 6.82 Å². The van der Waals surface area contributed by atoms with Crippen LogP contribution in [0, 0.1) is 0 Å². The van der Waals surface area contributed by atoms with Gasteiger partial charge in [-0.2, -0.15) is 5.10 Å². The van der Waals surface area contributed by atoms with Crippen LogP contribution in [0.1, 0.15) is 6.92 Å². The quantitative estimate of drug-likeness (QED) is 0.276. The molecule has 0 aliphatic heterocycles. The van der Waals surface area contributed by atoms with E-state index in [0.29, 0.717) is 0 Å². The third-order valence-corrected chi connectivity index (χ3v) is 0.931. The molecule has 0 radical (unpaired) electrons. The summed E-state index contributed by atoms with van der Waals surface area (Å²) in [5.41, 5.74) is 2.62. The summed E-state index contributed by atoms with van der Waals surface area (Å²) >= 11 is 0. The Hall–Kier alpha value is -0.545. The highest BCUT2D eigenvalue weighted by atomic mass is 16.2. The van der Waals surface area contributed by atoms with Gasteiger partial charge in [-0.15, -0.1) is 0 Å². The molecule has 5 heteroatoms. The molecule has 4 nitrogen and oxygen atoms in total. The number of hydrogen-bond donors (Lipinski definition) is 3. The van der Waals surface area contributed by atoms with Crippen LogP contribution in [0.3, 0.4) is 0 Å². The molecule has 0 fully saturated rings. The molecule has 0 saturated carbocycles. The number of nitrogens with zero attached hydrogens (tertiary/aromatic N) is 1. The SMILES string of the molecule is CN/N=C/[C@H](C)NB(C)O. The molecule has 0 unspecified atom stereocenters. The topological polar surface area (TPSA) is 56.7 Å². The van der Waals surface area contributed by atoms with Crippen molar-refractivity contribution in [3.8, 4) is 0 Å². The van der Waals surface area contributed by atoms with Gasteiger partial charge in [0.2, 0.25) is 0 Å². The zero-order valence-corrected chi connectivity index (χ0v) is 6.63. The zero-order chi connectivity index (χ0) is 7.98. The van der Waals surface area contributed by atoms with Crippen molar-refractivity contribution in [3.63, 3.8) is 0 Å². The van der Waals surface area contributed by atoms with Crippen LogP contribution in [-0.4, -0.2) is 31.4 Å². The highest BCUT2D eigenvalue weighted by molar-refractivity contribution is 6.45. The summed E-state index contributed by atoms with van der Waals surface area (Å²) in [6.07, 6.45) is 1.69. The maximum atomic E-state index is 8.83. The van der Waals surface area contributed by atoms with Gasteiger partial charge in [-0.1, -0.05) is 0 Å². The summed E-state index contributed by atoms with van der Waals surface area (Å²) < 4.78 is 0. The van der Waals surface area contributed by atoms with Crippen molar-refractivity contribution in [2.75, 3.05) is 7.05 Å². The van der Waals surface area contributed by atoms with Gasteiger partial charge < -0.3 is 15.7 Å². The van der Waals surface area contributed by atoms with Crippen molar-refractivity contribution in [2.24, 2.45) is 5.10 Å². The minimum atomic E-state index is -0.488. The molecule has 0 aliphatic carbocycles. The molecule has 0 aromatic heterocycles. The van der Waals surface area contributed by atoms with E-state index in [0.717, 1.165) is 0 Å². The average Bonchev–Trinajstić information content (AvgIpc) is 1.82. The monoisotopic (exact) mass is 143 g/mol. The molecule has 3 N–H and O–H groups in total. The Labute approximate surface area is 61.8 Å². The van der Waals surface area contributed by atoms with Crippen molar-refractivity contribution in [2.45, 2.75) is 19.8 Å². The highest BCUT2D eigenvalue weighted by Crippen LogP contribution is 1.76. The normalized spacial score (nSPS) is 13.6. The second-order valence-electron chi connectivity index (χ2n) is 2.13. The molecule has 1 atom stereocenters. The lowest BCUT2D eigenvalue weighted by atomic mass is 9.88. The van der Waals surface area contributed by atoms with Gasteiger partial charge in [0.25, 0.3) is 0 Å². The maximum Gasteiger partial charge on any atom is 0.374 e. The van der Waals surface area contributed by atoms with Crippen LogP contribution in [0.15, 0.2) is 5.10 Å². The van der Waals surface area contributed by atoms with E-state index in [-0.39, 0.29) is 6.04 Å². The van der Waals surface area contributed by atoms with Gasteiger partial charge in [0.15, 0.2) is 0 Å². The third-order valence-electron chi connectivity index (χ3n) is 0.931. The van der Waals surface area contributed by atoms with E-state index in [1.54, 1.807) is 20.1 Å². The third kappa shape index (κ3) is 5.59. The molecule has 0 heterocycles. The molecule has 0 rings (SSSR count). The molecule has 0 aromatic carbocycles. The van der Waals surface area contributed by atoms with Crippen molar-refractivity contribution in [3.05, 3.63) is 0 Å². The molecule has 0 bridgehead atoms. The second-order valence-corrected chi connectivity index (χ2v) is 2.13. The lowest BCUT2D eigenvalue weighted by Crippen LogP contribution is -2.39. The van der Waals surface area contributed by atoms with E-state index in [1.165, 1.54) is 0 Å². The Bertz CT molecular complexity index is 107. The summed E-state index contributed by atoms with van der Waals surface area (Å²) in [6, 6.07) is 0.0902. The summed E-state index contributed by atoms with van der Waals surface area (Å²) in [6.45, 7) is 3.58. The summed E-state index contributed by atoms with van der Waals surface area (Å²) in [4.78, 5) is 0. The van der Waals surface area contributed by atoms with Crippen molar-refractivity contribution < 1.29 is 5.02 Å². The predicted molar refractivity (Wildman–Crippen MR) is 44.0 cm³/mol. The summed E-state index contributed by atoms with van der Waals surface area (Å²) in [7, 11) is 1.24. The zero-order valence-electron chi connectivity index (χ0n) is 6.63. The standard InChI is InChI=1S/C5H14BN3O/c1-5(4-8-7-3)9-6(2)10/h4-5,7,9-10H,1-3H3/b8-4+/t5-/m0/s1. The molecule has 58 valence electrons. The van der Waals surface area contributed by atoms with E-state index in [2.05, 4.69) is 15.8 Å². The molecule has 0 amide bonds. The first-order chi connectivity index (χ1) is 4.66. The Morgan fingerprint density at radius 3 is 2.70 bits per heavy atom. The maximum absolute atomic E-state index is 8.83. The van der Waals surface area contributed by atoms with Gasteiger partial charge in [0.05, 0.1) is 0 Å². The van der Waals surface area contributed by atoms with E-state index in [1.807, 2.05) is 6.92 Å². The summed E-state index contributed by atoms with van der Waals surface area (Å²) in [5.74, 6) is 0. The fourth-order valence-corrected chi connectivity index (χ4v) is 0.610. The van der Waals surface area contributed by atoms with Crippen molar-refractivity contribution >= 4 is 13.3 Å². The Kier molecular flexibility index (Phi) is 4.97. The van der Waals surface area contributed by atoms with E-state index >= 15 is 0 Å². The van der Waals surface area contributed by atoms with Crippen LogP contribution >= 0.6 is 0 Å². The predicted octanol–water partition coefficient (Wildman–Crippen LogP) is -0.720. The Morgan fingerprint density at radius 1 is 1.70 bits per heavy atom. The molecule has 10 heavy (non-hydrogen) atoms. The van der Waals surface area contributed by atoms with Gasteiger partial charge in [0.1, 0.15) is 0 Å². The first-order valence-electron chi connectivity index (χ1n) is 3.31. The van der Waals surface area contributed by atoms with Crippen LogP contribution in [-0.2, 0) is 0 Å². The first-order valence-corrected chi connectivity index (χ1v) is 3.31. The molecule has 0 saturated heterocycles. The second kappa shape index (κ2) is 5.26. The van der Waals surface area contributed by atoms with Gasteiger partial charge in [0, 0.05) is 19.3 Å². The number of hydrogen-bond acceptors (Lipinski definition) is 4. The smallest absolute Gasteiger partial charge is 0.374 e. The van der Waals surface area contributed by atoms with E-state index < -0.39 is 7.05 Å². The molecular formula is C5H14BN3O. The van der Waals surface area contributed by atoms with E-state index in [9.17, 15) is 0 Å². The van der Waals surface area contributed by atoms with Crippen LogP contribution in [0.25, 0.3) is 0 Å². The van der Waals surface area contributed by atoms with Crippen LogP contribution in [0.4, 0.5) is 0 Å². The lowest BCUT2D eigenvalue weighted by molar-refractivity contribution is 0.550. The van der Waals surface area contributed by atoms with Gasteiger partial charge in [-0.3, -0.25) is 0 Å². The fourth-order valence-electron chi connectivity index (χ4n) is 0.610. The number of nitrogens with one attached hydrogen (secondary N) is 2. The largest absolute Gasteiger partial charge is 0.437 e. The number of hydrazone groups is 1.